The van der Waals surface area contributed by atoms with Crippen molar-refractivity contribution in [3.05, 3.63) is 18.2 Å². The van der Waals surface area contributed by atoms with E-state index in [1.807, 2.05) is 7.05 Å². The number of carbonyl (C=O) groups excluding carboxylic acids is 1. The number of amides is 1. The summed E-state index contributed by atoms with van der Waals surface area (Å²) in [6.07, 6.45) is 5.74. The summed E-state index contributed by atoms with van der Waals surface area (Å²) in [4.78, 5) is 16.0. The van der Waals surface area contributed by atoms with Crippen molar-refractivity contribution >= 4 is 18.3 Å². The van der Waals surface area contributed by atoms with Gasteiger partial charge in [0.1, 0.15) is 5.69 Å². The Morgan fingerprint density at radius 1 is 1.67 bits per heavy atom. The summed E-state index contributed by atoms with van der Waals surface area (Å²) in [5, 5.41) is 6.39. The molecule has 0 radical (unpaired) electrons. The SMILES string of the molecule is CC(NC(=O)c1cn(C)cn1)C1CCCNC1.Cl. The Bertz CT molecular complexity index is 387. The van der Waals surface area contributed by atoms with Crippen LogP contribution in [-0.4, -0.2) is 34.6 Å². The summed E-state index contributed by atoms with van der Waals surface area (Å²) in [5.74, 6) is 0.445. The van der Waals surface area contributed by atoms with E-state index in [1.165, 1.54) is 12.8 Å². The van der Waals surface area contributed by atoms with Crippen molar-refractivity contribution in [2.45, 2.75) is 25.8 Å². The second-order valence-corrected chi connectivity index (χ2v) is 4.79. The first-order chi connectivity index (χ1) is 8.16. The minimum Gasteiger partial charge on any atom is -0.348 e. The van der Waals surface area contributed by atoms with Crippen LogP contribution in [0.4, 0.5) is 0 Å². The van der Waals surface area contributed by atoms with Gasteiger partial charge in [-0.05, 0) is 38.8 Å². The van der Waals surface area contributed by atoms with Crippen LogP contribution in [0.2, 0.25) is 0 Å². The third kappa shape index (κ3) is 3.71. The van der Waals surface area contributed by atoms with Crippen molar-refractivity contribution in [3.8, 4) is 0 Å². The lowest BCUT2D eigenvalue weighted by atomic mass is 9.93. The first-order valence-electron chi connectivity index (χ1n) is 6.16. The van der Waals surface area contributed by atoms with E-state index in [0.29, 0.717) is 11.6 Å². The van der Waals surface area contributed by atoms with Crippen LogP contribution in [0, 0.1) is 5.92 Å². The van der Waals surface area contributed by atoms with Gasteiger partial charge in [-0.15, -0.1) is 12.4 Å². The van der Waals surface area contributed by atoms with Crippen LogP contribution in [0.3, 0.4) is 0 Å². The summed E-state index contributed by atoms with van der Waals surface area (Å²) in [5.41, 5.74) is 0.489. The monoisotopic (exact) mass is 272 g/mol. The number of imidazole rings is 1. The van der Waals surface area contributed by atoms with Gasteiger partial charge in [0, 0.05) is 19.3 Å². The number of hydrogen-bond donors (Lipinski definition) is 2. The van der Waals surface area contributed by atoms with E-state index in [1.54, 1.807) is 17.1 Å². The van der Waals surface area contributed by atoms with E-state index >= 15 is 0 Å². The molecule has 18 heavy (non-hydrogen) atoms. The molecule has 1 aromatic heterocycles. The highest BCUT2D eigenvalue weighted by Gasteiger charge is 2.22. The lowest BCUT2D eigenvalue weighted by Gasteiger charge is -2.28. The maximum absolute atomic E-state index is 11.9. The normalized spacial score (nSPS) is 20.9. The highest BCUT2D eigenvalue weighted by Crippen LogP contribution is 2.14. The average molecular weight is 273 g/mol. The molecule has 0 aromatic carbocycles. The predicted molar refractivity (Wildman–Crippen MR) is 73.0 cm³/mol. The Labute approximate surface area is 114 Å². The first-order valence-corrected chi connectivity index (χ1v) is 6.16. The molecule has 5 nitrogen and oxygen atoms in total. The molecular formula is C12H21ClN4O. The molecule has 1 fully saturated rings. The van der Waals surface area contributed by atoms with Gasteiger partial charge in [-0.3, -0.25) is 4.79 Å². The second-order valence-electron chi connectivity index (χ2n) is 4.79. The zero-order valence-corrected chi connectivity index (χ0v) is 11.7. The number of rotatable bonds is 3. The minimum absolute atomic E-state index is 0. The quantitative estimate of drug-likeness (QED) is 0.862. The molecule has 1 aliphatic heterocycles. The lowest BCUT2D eigenvalue weighted by Crippen LogP contribution is -2.44. The molecule has 1 aromatic rings. The lowest BCUT2D eigenvalue weighted by molar-refractivity contribution is 0.0917. The fraction of sp³-hybridized carbons (Fsp3) is 0.667. The van der Waals surface area contributed by atoms with Crippen molar-refractivity contribution in [2.75, 3.05) is 13.1 Å². The first kappa shape index (κ1) is 15.0. The van der Waals surface area contributed by atoms with Gasteiger partial charge in [-0.25, -0.2) is 4.98 Å². The predicted octanol–water partition coefficient (Wildman–Crippen LogP) is 0.960. The average Bonchev–Trinajstić information content (AvgIpc) is 2.77. The van der Waals surface area contributed by atoms with Crippen molar-refractivity contribution in [2.24, 2.45) is 13.0 Å². The molecule has 2 atom stereocenters. The fourth-order valence-corrected chi connectivity index (χ4v) is 2.23. The Kier molecular flexibility index (Phi) is 5.62. The molecule has 2 rings (SSSR count). The van der Waals surface area contributed by atoms with Crippen LogP contribution in [0.5, 0.6) is 0 Å². The molecule has 0 aliphatic carbocycles. The molecule has 102 valence electrons. The van der Waals surface area contributed by atoms with Crippen LogP contribution in [0.25, 0.3) is 0 Å². The second kappa shape index (κ2) is 6.75. The van der Waals surface area contributed by atoms with Gasteiger partial charge in [0.2, 0.25) is 0 Å². The van der Waals surface area contributed by atoms with Gasteiger partial charge >= 0.3 is 0 Å². The molecule has 1 aliphatic rings. The maximum Gasteiger partial charge on any atom is 0.271 e. The molecule has 0 saturated carbocycles. The largest absolute Gasteiger partial charge is 0.348 e. The Morgan fingerprint density at radius 3 is 3.00 bits per heavy atom. The Hall–Kier alpha value is -1.07. The molecule has 6 heteroatoms. The fourth-order valence-electron chi connectivity index (χ4n) is 2.23. The Morgan fingerprint density at radius 2 is 2.44 bits per heavy atom. The van der Waals surface area contributed by atoms with Crippen LogP contribution in [0.1, 0.15) is 30.3 Å². The number of nitrogens with zero attached hydrogens (tertiary/aromatic N) is 2. The van der Waals surface area contributed by atoms with E-state index in [2.05, 4.69) is 22.5 Å². The van der Waals surface area contributed by atoms with Crippen molar-refractivity contribution in [3.63, 3.8) is 0 Å². The van der Waals surface area contributed by atoms with Crippen molar-refractivity contribution < 1.29 is 4.79 Å². The minimum atomic E-state index is -0.0799. The number of piperidine rings is 1. The van der Waals surface area contributed by atoms with Gasteiger partial charge in [0.25, 0.3) is 5.91 Å². The molecule has 2 unspecified atom stereocenters. The third-order valence-electron chi connectivity index (χ3n) is 3.34. The zero-order chi connectivity index (χ0) is 12.3. The molecule has 2 heterocycles. The van der Waals surface area contributed by atoms with E-state index in [-0.39, 0.29) is 24.4 Å². The number of aryl methyl sites for hydroxylation is 1. The highest BCUT2D eigenvalue weighted by atomic mass is 35.5. The zero-order valence-electron chi connectivity index (χ0n) is 10.8. The highest BCUT2D eigenvalue weighted by molar-refractivity contribution is 5.92. The summed E-state index contributed by atoms with van der Waals surface area (Å²) in [6, 6.07) is 0.192. The van der Waals surface area contributed by atoms with Crippen LogP contribution in [0.15, 0.2) is 12.5 Å². The number of carbonyl (C=O) groups is 1. The van der Waals surface area contributed by atoms with Crippen LogP contribution < -0.4 is 10.6 Å². The Balaban J connectivity index is 0.00000162. The van der Waals surface area contributed by atoms with Gasteiger partial charge in [-0.1, -0.05) is 0 Å². The molecule has 0 spiro atoms. The maximum atomic E-state index is 11.9. The third-order valence-corrected chi connectivity index (χ3v) is 3.34. The molecule has 0 bridgehead atoms. The molecule has 1 saturated heterocycles. The number of halogens is 1. The van der Waals surface area contributed by atoms with Crippen LogP contribution in [-0.2, 0) is 7.05 Å². The number of hydrogen-bond acceptors (Lipinski definition) is 3. The summed E-state index contributed by atoms with van der Waals surface area (Å²) >= 11 is 0. The molecular weight excluding hydrogens is 252 g/mol. The van der Waals surface area contributed by atoms with Gasteiger partial charge in [0.05, 0.1) is 6.33 Å². The standard InChI is InChI=1S/C12H20N4O.ClH/c1-9(10-4-3-5-13-6-10)15-12(17)11-7-16(2)8-14-11;/h7-10,13H,3-6H2,1-2H3,(H,15,17);1H. The van der Waals surface area contributed by atoms with E-state index in [4.69, 9.17) is 0 Å². The van der Waals surface area contributed by atoms with Crippen molar-refractivity contribution in [1.29, 1.82) is 0 Å². The number of aromatic nitrogens is 2. The van der Waals surface area contributed by atoms with Gasteiger partial charge in [-0.2, -0.15) is 0 Å². The summed E-state index contributed by atoms with van der Waals surface area (Å²) in [7, 11) is 1.86. The van der Waals surface area contributed by atoms with Crippen LogP contribution >= 0.6 is 12.4 Å². The molecule has 2 N–H and O–H groups in total. The van der Waals surface area contributed by atoms with E-state index < -0.39 is 0 Å². The number of nitrogens with one attached hydrogen (secondary N) is 2. The van der Waals surface area contributed by atoms with Gasteiger partial charge in [0.15, 0.2) is 0 Å². The van der Waals surface area contributed by atoms with Gasteiger partial charge < -0.3 is 15.2 Å². The summed E-state index contributed by atoms with van der Waals surface area (Å²) < 4.78 is 1.78. The topological polar surface area (TPSA) is 59.0 Å². The van der Waals surface area contributed by atoms with E-state index in [0.717, 1.165) is 13.1 Å². The smallest absolute Gasteiger partial charge is 0.271 e. The summed E-state index contributed by atoms with van der Waals surface area (Å²) in [6.45, 7) is 4.15. The van der Waals surface area contributed by atoms with E-state index in [9.17, 15) is 4.79 Å². The molecule has 1 amide bonds. The van der Waals surface area contributed by atoms with Crippen molar-refractivity contribution in [1.82, 2.24) is 20.2 Å².